The number of fused-ring (bicyclic) bond motifs is 2. The van der Waals surface area contributed by atoms with E-state index in [4.69, 9.17) is 10.4 Å². The number of nitrogens with one attached hydrogen (secondary N) is 1. The maximum atomic E-state index is 13.2. The maximum absolute atomic E-state index is 13.2. The molecule has 1 fully saturated rings. The Bertz CT molecular complexity index is 1200. The lowest BCUT2D eigenvalue weighted by Crippen LogP contribution is -2.35. The van der Waals surface area contributed by atoms with Crippen LogP contribution in [0.25, 0.3) is 16.7 Å². The van der Waals surface area contributed by atoms with Crippen LogP contribution in [0.5, 0.6) is 0 Å². The minimum absolute atomic E-state index is 0.135. The fourth-order valence-corrected chi connectivity index (χ4v) is 4.45. The topological polar surface area (TPSA) is 83.5 Å². The molecule has 1 N–H and O–H groups in total. The molecule has 0 radical (unpaired) electrons. The molecule has 1 saturated carbocycles. The average Bonchev–Trinajstić information content (AvgIpc) is 2.71. The van der Waals surface area contributed by atoms with Gasteiger partial charge in [-0.25, -0.2) is 4.98 Å². The zero-order valence-electron chi connectivity index (χ0n) is 17.7. The summed E-state index contributed by atoms with van der Waals surface area (Å²) < 4.78 is 3.29. The highest BCUT2D eigenvalue weighted by Crippen LogP contribution is 2.24. The number of amides is 1. The van der Waals surface area contributed by atoms with Crippen LogP contribution < -0.4 is 11.0 Å². The van der Waals surface area contributed by atoms with Crippen LogP contribution in [0.4, 0.5) is 0 Å². The first-order valence-electron chi connectivity index (χ1n) is 10.8. The molecule has 0 spiro atoms. The SMILES string of the molecule is CN(C)C(=O)c1cc2c(=O)n3ccccc3nc2n(CC2CCCCCCC2)c1=N. The van der Waals surface area contributed by atoms with Gasteiger partial charge in [0.15, 0.2) is 0 Å². The molecule has 1 aliphatic rings. The summed E-state index contributed by atoms with van der Waals surface area (Å²) in [7, 11) is 3.33. The number of pyridine rings is 2. The van der Waals surface area contributed by atoms with Gasteiger partial charge in [-0.2, -0.15) is 0 Å². The van der Waals surface area contributed by atoms with Gasteiger partial charge in [0.05, 0.1) is 10.9 Å². The van der Waals surface area contributed by atoms with Gasteiger partial charge in [0.2, 0.25) is 0 Å². The van der Waals surface area contributed by atoms with E-state index in [9.17, 15) is 9.59 Å². The molecule has 7 nitrogen and oxygen atoms in total. The van der Waals surface area contributed by atoms with E-state index in [-0.39, 0.29) is 22.5 Å². The number of carbonyl (C=O) groups is 1. The summed E-state index contributed by atoms with van der Waals surface area (Å²) in [6.45, 7) is 0.610. The van der Waals surface area contributed by atoms with Crippen molar-refractivity contribution in [2.75, 3.05) is 14.1 Å². The molecule has 0 aliphatic heterocycles. The van der Waals surface area contributed by atoms with Gasteiger partial charge in [0.25, 0.3) is 11.5 Å². The van der Waals surface area contributed by atoms with Crippen LogP contribution in [0.3, 0.4) is 0 Å². The van der Waals surface area contributed by atoms with E-state index >= 15 is 0 Å². The second-order valence-electron chi connectivity index (χ2n) is 8.51. The van der Waals surface area contributed by atoms with E-state index in [1.54, 1.807) is 43.1 Å². The lowest BCUT2D eigenvalue weighted by atomic mass is 9.91. The second-order valence-corrected chi connectivity index (χ2v) is 8.51. The highest BCUT2D eigenvalue weighted by molar-refractivity contribution is 5.96. The minimum Gasteiger partial charge on any atom is -0.345 e. The van der Waals surface area contributed by atoms with Crippen molar-refractivity contribution in [2.24, 2.45) is 5.92 Å². The number of carbonyl (C=O) groups excluding carboxylic acids is 1. The summed E-state index contributed by atoms with van der Waals surface area (Å²) in [6.07, 6.45) is 10.1. The van der Waals surface area contributed by atoms with Crippen LogP contribution in [0.2, 0.25) is 0 Å². The molecule has 0 unspecified atom stereocenters. The predicted molar refractivity (Wildman–Crippen MR) is 117 cm³/mol. The normalized spacial score (nSPS) is 15.8. The monoisotopic (exact) mass is 407 g/mol. The van der Waals surface area contributed by atoms with Crippen molar-refractivity contribution < 1.29 is 4.79 Å². The van der Waals surface area contributed by atoms with Crippen molar-refractivity contribution >= 4 is 22.6 Å². The number of aromatic nitrogens is 3. The quantitative estimate of drug-likeness (QED) is 0.677. The molecule has 158 valence electrons. The molecule has 1 aliphatic carbocycles. The van der Waals surface area contributed by atoms with Gasteiger partial charge in [-0.3, -0.25) is 19.4 Å². The fourth-order valence-electron chi connectivity index (χ4n) is 4.45. The van der Waals surface area contributed by atoms with E-state index in [0.717, 1.165) is 12.8 Å². The van der Waals surface area contributed by atoms with Gasteiger partial charge in [0.1, 0.15) is 16.8 Å². The Balaban J connectivity index is 1.95. The molecule has 3 heterocycles. The smallest absolute Gasteiger partial charge is 0.267 e. The molecule has 7 heteroatoms. The van der Waals surface area contributed by atoms with Crippen molar-refractivity contribution in [2.45, 2.75) is 51.5 Å². The molecule has 3 aromatic heterocycles. The summed E-state index contributed by atoms with van der Waals surface area (Å²) in [5.41, 5.74) is 1.21. The molecule has 4 rings (SSSR count). The van der Waals surface area contributed by atoms with Crippen LogP contribution in [0, 0.1) is 11.3 Å². The molecule has 0 atom stereocenters. The molecule has 0 bridgehead atoms. The largest absolute Gasteiger partial charge is 0.345 e. The van der Waals surface area contributed by atoms with Crippen molar-refractivity contribution in [1.29, 1.82) is 5.41 Å². The summed E-state index contributed by atoms with van der Waals surface area (Å²) in [5, 5.41) is 9.19. The highest BCUT2D eigenvalue weighted by Gasteiger charge is 2.21. The molecule has 30 heavy (non-hydrogen) atoms. The lowest BCUT2D eigenvalue weighted by Gasteiger charge is -2.23. The molecular formula is C23H29N5O2. The number of rotatable bonds is 3. The van der Waals surface area contributed by atoms with Crippen LogP contribution in [0.15, 0.2) is 35.3 Å². The fraction of sp³-hybridized carbons (Fsp3) is 0.478. The third-order valence-electron chi connectivity index (χ3n) is 6.12. The van der Waals surface area contributed by atoms with E-state index in [1.165, 1.54) is 41.4 Å². The molecule has 0 saturated heterocycles. The zero-order chi connectivity index (χ0) is 21.3. The predicted octanol–water partition coefficient (Wildman–Crippen LogP) is 3.19. The second kappa shape index (κ2) is 8.42. The summed E-state index contributed by atoms with van der Waals surface area (Å²) in [6, 6.07) is 6.97. The van der Waals surface area contributed by atoms with Gasteiger partial charge in [-0.05, 0) is 37.0 Å². The van der Waals surface area contributed by atoms with E-state index in [0.29, 0.717) is 29.1 Å². The maximum Gasteiger partial charge on any atom is 0.267 e. The Morgan fingerprint density at radius 1 is 1.17 bits per heavy atom. The van der Waals surface area contributed by atoms with Crippen LogP contribution >= 0.6 is 0 Å². The number of hydrogen-bond acceptors (Lipinski definition) is 4. The van der Waals surface area contributed by atoms with Crippen molar-refractivity contribution in [3.8, 4) is 0 Å². The highest BCUT2D eigenvalue weighted by atomic mass is 16.2. The summed E-state index contributed by atoms with van der Waals surface area (Å²) in [5.74, 6) is 0.147. The Morgan fingerprint density at radius 3 is 2.57 bits per heavy atom. The first-order valence-corrected chi connectivity index (χ1v) is 10.8. The van der Waals surface area contributed by atoms with Crippen LogP contribution in [-0.2, 0) is 6.54 Å². The zero-order valence-corrected chi connectivity index (χ0v) is 17.7. The van der Waals surface area contributed by atoms with Crippen LogP contribution in [0.1, 0.15) is 55.3 Å². The van der Waals surface area contributed by atoms with Crippen molar-refractivity contribution in [3.63, 3.8) is 0 Å². The molecule has 1 amide bonds. The van der Waals surface area contributed by atoms with Gasteiger partial charge >= 0.3 is 0 Å². The minimum atomic E-state index is -0.272. The third-order valence-corrected chi connectivity index (χ3v) is 6.12. The molecule has 3 aromatic rings. The Morgan fingerprint density at radius 2 is 1.87 bits per heavy atom. The van der Waals surface area contributed by atoms with Crippen LogP contribution in [-0.4, -0.2) is 38.9 Å². The Kier molecular flexibility index (Phi) is 5.70. The van der Waals surface area contributed by atoms with E-state index < -0.39 is 0 Å². The van der Waals surface area contributed by atoms with Gasteiger partial charge in [-0.15, -0.1) is 0 Å². The van der Waals surface area contributed by atoms with Crippen molar-refractivity contribution in [1.82, 2.24) is 18.9 Å². The Hall–Kier alpha value is -2.96. The standard InChI is InChI=1S/C23H29N5O2/c1-26(2)22(29)17-14-18-21(25-19-12-8-9-13-27(19)23(18)30)28(20(17)24)15-16-10-6-4-3-5-7-11-16/h8-9,12-14,16,24H,3-7,10-11,15H2,1-2H3. The van der Waals surface area contributed by atoms with Gasteiger partial charge in [0, 0.05) is 26.8 Å². The van der Waals surface area contributed by atoms with Gasteiger partial charge in [-0.1, -0.05) is 38.2 Å². The van der Waals surface area contributed by atoms with Crippen molar-refractivity contribution in [3.05, 3.63) is 51.9 Å². The average molecular weight is 408 g/mol. The third kappa shape index (κ3) is 3.76. The van der Waals surface area contributed by atoms with Gasteiger partial charge < -0.3 is 9.47 Å². The number of nitrogens with zero attached hydrogens (tertiary/aromatic N) is 4. The molecular weight excluding hydrogens is 378 g/mol. The first-order chi connectivity index (χ1) is 14.5. The summed E-state index contributed by atoms with van der Waals surface area (Å²) in [4.78, 5) is 32.2. The first kappa shape index (κ1) is 20.3. The number of hydrogen-bond donors (Lipinski definition) is 1. The Labute approximate surface area is 175 Å². The van der Waals surface area contributed by atoms with E-state index in [1.807, 2.05) is 6.07 Å². The lowest BCUT2D eigenvalue weighted by molar-refractivity contribution is 0.0824. The molecule has 0 aromatic carbocycles. The van der Waals surface area contributed by atoms with E-state index in [2.05, 4.69) is 0 Å². The summed E-state index contributed by atoms with van der Waals surface area (Å²) >= 11 is 0.